The number of nitrogens with zero attached hydrogens (tertiary/aromatic N) is 2. The Morgan fingerprint density at radius 2 is 1.13 bits per heavy atom. The molecule has 2 aliphatic rings. The van der Waals surface area contributed by atoms with E-state index in [2.05, 4.69) is 155 Å². The zero-order valence-corrected chi connectivity index (χ0v) is 25.2. The monoisotopic (exact) mass is 584 g/mol. The van der Waals surface area contributed by atoms with Crippen molar-refractivity contribution in [3.63, 3.8) is 0 Å². The lowest BCUT2D eigenvalue weighted by Gasteiger charge is -2.14. The molecule has 0 atom stereocenters. The first-order valence-electron chi connectivity index (χ1n) is 16.3. The molecule has 0 bridgehead atoms. The van der Waals surface area contributed by atoms with E-state index in [4.69, 9.17) is 0 Å². The molecule has 7 aromatic carbocycles. The van der Waals surface area contributed by atoms with Gasteiger partial charge in [-0.15, -0.1) is 0 Å². The van der Waals surface area contributed by atoms with Gasteiger partial charge in [-0.2, -0.15) is 0 Å². The van der Waals surface area contributed by atoms with Crippen LogP contribution in [0.25, 0.3) is 100 Å². The number of hydrogen-bond donors (Lipinski definition) is 0. The molecule has 9 aromatic rings. The number of aromatic nitrogens is 2. The van der Waals surface area contributed by atoms with Gasteiger partial charge in [-0.1, -0.05) is 115 Å². The molecule has 2 heteroatoms. The summed E-state index contributed by atoms with van der Waals surface area (Å²) in [7, 11) is 0. The molecule has 2 aromatic heterocycles. The third-order valence-corrected chi connectivity index (χ3v) is 10.4. The van der Waals surface area contributed by atoms with Gasteiger partial charge >= 0.3 is 0 Å². The summed E-state index contributed by atoms with van der Waals surface area (Å²) in [5, 5.41) is 11.9. The summed E-state index contributed by atoms with van der Waals surface area (Å²) in [4.78, 5) is 0. The van der Waals surface area contributed by atoms with E-state index < -0.39 is 0 Å². The smallest absolute Gasteiger partial charge is 0.0647 e. The van der Waals surface area contributed by atoms with E-state index in [-0.39, 0.29) is 0 Å². The molecule has 11 rings (SSSR count). The van der Waals surface area contributed by atoms with Crippen LogP contribution in [-0.4, -0.2) is 9.13 Å². The van der Waals surface area contributed by atoms with Crippen LogP contribution in [0.5, 0.6) is 0 Å². The Morgan fingerprint density at radius 3 is 1.98 bits per heavy atom. The number of para-hydroxylation sites is 2. The van der Waals surface area contributed by atoms with E-state index in [0.29, 0.717) is 0 Å². The second-order valence-corrected chi connectivity index (χ2v) is 12.7. The minimum atomic E-state index is 1.05. The van der Waals surface area contributed by atoms with Gasteiger partial charge in [0, 0.05) is 43.5 Å². The molecule has 46 heavy (non-hydrogen) atoms. The van der Waals surface area contributed by atoms with Crippen molar-refractivity contribution in [1.82, 2.24) is 9.13 Å². The predicted molar refractivity (Wildman–Crippen MR) is 194 cm³/mol. The van der Waals surface area contributed by atoms with E-state index in [0.717, 1.165) is 12.8 Å². The van der Waals surface area contributed by atoms with E-state index in [9.17, 15) is 0 Å². The Labute approximate surface area is 265 Å². The van der Waals surface area contributed by atoms with E-state index >= 15 is 0 Å². The number of benzene rings is 7. The highest BCUT2D eigenvalue weighted by Gasteiger charge is 2.26. The van der Waals surface area contributed by atoms with Gasteiger partial charge in [-0.25, -0.2) is 0 Å². The Morgan fingerprint density at radius 1 is 0.413 bits per heavy atom. The van der Waals surface area contributed by atoms with Crippen LogP contribution in [0.3, 0.4) is 0 Å². The maximum atomic E-state index is 2.58. The molecule has 2 aliphatic carbocycles. The Bertz CT molecular complexity index is 2900. The van der Waals surface area contributed by atoms with Crippen LogP contribution < -0.4 is 10.6 Å². The fraction of sp³-hybridized carbons (Fsp3) is 0.0455. The molecule has 214 valence electrons. The van der Waals surface area contributed by atoms with Crippen LogP contribution in [0.4, 0.5) is 0 Å². The lowest BCUT2D eigenvalue weighted by atomic mass is 9.99. The van der Waals surface area contributed by atoms with Gasteiger partial charge in [0.25, 0.3) is 0 Å². The fourth-order valence-electron chi connectivity index (χ4n) is 8.65. The number of rotatable bonds is 2. The molecule has 0 saturated heterocycles. The van der Waals surface area contributed by atoms with Crippen LogP contribution in [0, 0.1) is 0 Å². The Kier molecular flexibility index (Phi) is 4.71. The highest BCUT2D eigenvalue weighted by molar-refractivity contribution is 6.32. The summed E-state index contributed by atoms with van der Waals surface area (Å²) in [6.07, 6.45) is 7.05. The normalized spacial score (nSPS) is 13.4. The number of hydrogen-bond acceptors (Lipinski definition) is 0. The second-order valence-electron chi connectivity index (χ2n) is 12.7. The second kappa shape index (κ2) is 8.87. The van der Waals surface area contributed by atoms with E-state index in [1.165, 1.54) is 98.5 Å². The molecule has 0 N–H and O–H groups in total. The van der Waals surface area contributed by atoms with Crippen LogP contribution in [0.1, 0.15) is 12.8 Å². The Balaban J connectivity index is 1.37. The molecular weight excluding hydrogens is 556 g/mol. The molecule has 0 saturated carbocycles. The van der Waals surface area contributed by atoms with Crippen LogP contribution in [-0.2, 0) is 0 Å². The van der Waals surface area contributed by atoms with Crippen molar-refractivity contribution in [3.8, 4) is 33.6 Å². The largest absolute Gasteiger partial charge is 0.309 e. The van der Waals surface area contributed by atoms with Crippen molar-refractivity contribution >= 4 is 66.4 Å². The van der Waals surface area contributed by atoms with Crippen molar-refractivity contribution in [3.05, 3.63) is 144 Å². The van der Waals surface area contributed by atoms with Crippen LogP contribution in [0.2, 0.25) is 0 Å². The molecule has 0 fully saturated rings. The van der Waals surface area contributed by atoms with Gasteiger partial charge in [0.05, 0.1) is 16.6 Å². The molecule has 0 spiro atoms. The molecule has 0 radical (unpaired) electrons. The Hall–Kier alpha value is -5.86. The summed E-state index contributed by atoms with van der Waals surface area (Å²) in [5.74, 6) is 0. The lowest BCUT2D eigenvalue weighted by molar-refractivity contribution is 1.03. The highest BCUT2D eigenvalue weighted by Crippen LogP contribution is 2.48. The van der Waals surface area contributed by atoms with Crippen molar-refractivity contribution < 1.29 is 0 Å². The van der Waals surface area contributed by atoms with Crippen molar-refractivity contribution in [2.75, 3.05) is 0 Å². The summed E-state index contributed by atoms with van der Waals surface area (Å²) in [6, 6.07) is 49.4. The lowest BCUT2D eigenvalue weighted by Crippen LogP contribution is -2.30. The maximum Gasteiger partial charge on any atom is 0.0647 e. The molecule has 2 heterocycles. The summed E-state index contributed by atoms with van der Waals surface area (Å²) < 4.78 is 5.07. The van der Waals surface area contributed by atoms with Gasteiger partial charge < -0.3 is 9.13 Å². The van der Waals surface area contributed by atoms with Crippen molar-refractivity contribution in [2.24, 2.45) is 0 Å². The van der Waals surface area contributed by atoms with Crippen LogP contribution >= 0.6 is 0 Å². The fourth-order valence-corrected chi connectivity index (χ4v) is 8.65. The first-order valence-corrected chi connectivity index (χ1v) is 16.3. The van der Waals surface area contributed by atoms with Crippen molar-refractivity contribution in [2.45, 2.75) is 12.8 Å². The average Bonchev–Trinajstić information content (AvgIpc) is 3.76. The quantitative estimate of drug-likeness (QED) is 0.191. The summed E-state index contributed by atoms with van der Waals surface area (Å²) >= 11 is 0. The third-order valence-electron chi connectivity index (χ3n) is 10.4. The number of fused-ring (bicyclic) bond motifs is 13. The van der Waals surface area contributed by atoms with Gasteiger partial charge in [0.2, 0.25) is 0 Å². The zero-order valence-electron chi connectivity index (χ0n) is 25.2. The van der Waals surface area contributed by atoms with Crippen molar-refractivity contribution in [1.29, 1.82) is 0 Å². The highest BCUT2D eigenvalue weighted by atomic mass is 15.0. The van der Waals surface area contributed by atoms with Gasteiger partial charge in [-0.3, -0.25) is 0 Å². The molecule has 0 unspecified atom stereocenters. The molecule has 2 nitrogen and oxygen atoms in total. The minimum absolute atomic E-state index is 1.05. The van der Waals surface area contributed by atoms with Gasteiger partial charge in [0.15, 0.2) is 0 Å². The van der Waals surface area contributed by atoms with Gasteiger partial charge in [0.1, 0.15) is 0 Å². The average molecular weight is 585 g/mol. The maximum absolute atomic E-state index is 2.58. The predicted octanol–water partition coefficient (Wildman–Crippen LogP) is 10.0. The van der Waals surface area contributed by atoms with E-state index in [1.807, 2.05) is 0 Å². The molecule has 0 aliphatic heterocycles. The topological polar surface area (TPSA) is 9.86 Å². The minimum Gasteiger partial charge on any atom is -0.309 e. The third kappa shape index (κ3) is 3.01. The SMILES string of the molecule is C1=c2c(n(-c3ccc4c(c3)-c3cccc5cccc-4c35)c3c2c2ccccc2c2c3c3ccccc3n2-c2ccccc2)=CCC1. The van der Waals surface area contributed by atoms with E-state index in [1.54, 1.807) is 0 Å². The zero-order chi connectivity index (χ0) is 29.9. The van der Waals surface area contributed by atoms with Crippen LogP contribution in [0.15, 0.2) is 133 Å². The summed E-state index contributed by atoms with van der Waals surface area (Å²) in [5.41, 5.74) is 11.5. The first-order chi connectivity index (χ1) is 22.9. The van der Waals surface area contributed by atoms with Gasteiger partial charge in [-0.05, 0) is 81.6 Å². The first kappa shape index (κ1) is 24.5. The molecule has 0 amide bonds. The summed E-state index contributed by atoms with van der Waals surface area (Å²) in [6.45, 7) is 0. The standard InChI is InChI=1S/C44H28N2/c1-2-14-28(15-3-1)45-39-23-9-7-19-36(39)42-43(45)34-17-5-4-16-32(34)41-35-18-6-8-22-38(35)46(44(41)42)29-24-25-30-31-20-10-12-27-13-11-21-33(40(27)31)37(30)26-29/h1-5,7,9-26H,6,8H2. The molecular formula is C44H28N2.